The third-order valence-corrected chi connectivity index (χ3v) is 6.07. The second-order valence-electron chi connectivity index (χ2n) is 8.90. The standard InChI is InChI=1S/C22H24F6N6O4/c1-12(31-15-8-30-32-20(36)18(15)22(26,27)28)10-37-5-2-17(35)33-3-4-34-14(9-33)11-38-16-6-13(21(23,24)25)7-29-19(16)34/h6-8,12,14H,2-5,9-11H2,1H3,(H2,31,32,36)/t12-,14+/m0/s1. The Morgan fingerprint density at radius 1 is 1.24 bits per heavy atom. The topological polar surface area (TPSA) is 113 Å². The molecule has 4 heterocycles. The number of piperazine rings is 1. The van der Waals surface area contributed by atoms with Crippen molar-refractivity contribution >= 4 is 17.4 Å². The van der Waals surface area contributed by atoms with Gasteiger partial charge in [0, 0.05) is 31.9 Å². The molecule has 1 amide bonds. The molecule has 2 aromatic rings. The summed E-state index contributed by atoms with van der Waals surface area (Å²) in [4.78, 5) is 31.6. The van der Waals surface area contributed by atoms with Crippen LogP contribution in [0.5, 0.6) is 5.75 Å². The highest BCUT2D eigenvalue weighted by atomic mass is 19.4. The number of pyridine rings is 1. The lowest BCUT2D eigenvalue weighted by molar-refractivity contribution is -0.138. The zero-order valence-corrected chi connectivity index (χ0v) is 20.0. The molecule has 0 radical (unpaired) electrons. The van der Waals surface area contributed by atoms with E-state index in [1.807, 2.05) is 4.90 Å². The Bertz CT molecular complexity index is 1220. The summed E-state index contributed by atoms with van der Waals surface area (Å²) in [6, 6.07) is 0.0164. The molecule has 16 heteroatoms. The fourth-order valence-electron chi connectivity index (χ4n) is 4.28. The average Bonchev–Trinajstić information content (AvgIpc) is 2.84. The van der Waals surface area contributed by atoms with Crippen molar-refractivity contribution in [2.24, 2.45) is 0 Å². The van der Waals surface area contributed by atoms with Gasteiger partial charge in [-0.25, -0.2) is 10.1 Å². The van der Waals surface area contributed by atoms with Crippen LogP contribution in [0.3, 0.4) is 0 Å². The molecule has 0 aromatic carbocycles. The fourth-order valence-corrected chi connectivity index (χ4v) is 4.28. The van der Waals surface area contributed by atoms with Crippen LogP contribution in [0.1, 0.15) is 24.5 Å². The van der Waals surface area contributed by atoms with Gasteiger partial charge in [0.2, 0.25) is 5.91 Å². The summed E-state index contributed by atoms with van der Waals surface area (Å²) in [5, 5.41) is 7.69. The van der Waals surface area contributed by atoms with Gasteiger partial charge in [0.1, 0.15) is 12.2 Å². The first-order chi connectivity index (χ1) is 17.8. The lowest BCUT2D eigenvalue weighted by Gasteiger charge is -2.44. The maximum atomic E-state index is 13.2. The predicted molar refractivity (Wildman–Crippen MR) is 121 cm³/mol. The highest BCUT2D eigenvalue weighted by Gasteiger charge is 2.39. The van der Waals surface area contributed by atoms with E-state index in [0.29, 0.717) is 18.9 Å². The summed E-state index contributed by atoms with van der Waals surface area (Å²) in [6.07, 6.45) is -7.77. The third-order valence-electron chi connectivity index (χ3n) is 6.07. The minimum absolute atomic E-state index is 0.0105. The first-order valence-corrected chi connectivity index (χ1v) is 11.6. The Kier molecular flexibility index (Phi) is 7.71. The van der Waals surface area contributed by atoms with E-state index in [1.165, 1.54) is 0 Å². The van der Waals surface area contributed by atoms with Crippen LogP contribution < -0.4 is 20.5 Å². The Labute approximate surface area is 211 Å². The largest absolute Gasteiger partial charge is 0.487 e. The zero-order chi connectivity index (χ0) is 27.7. The number of alkyl halides is 6. The van der Waals surface area contributed by atoms with Crippen molar-refractivity contribution in [1.82, 2.24) is 20.1 Å². The summed E-state index contributed by atoms with van der Waals surface area (Å²) < 4.78 is 89.2. The van der Waals surface area contributed by atoms with Crippen molar-refractivity contribution < 1.29 is 40.6 Å². The number of hydrogen-bond donors (Lipinski definition) is 2. The van der Waals surface area contributed by atoms with Crippen LogP contribution in [-0.4, -0.2) is 77.5 Å². The summed E-state index contributed by atoms with van der Waals surface area (Å²) >= 11 is 0. The molecular formula is C22H24F6N6O4. The number of hydrogen-bond acceptors (Lipinski definition) is 8. The van der Waals surface area contributed by atoms with Gasteiger partial charge in [0.05, 0.1) is 43.1 Å². The molecule has 2 aliphatic heterocycles. The van der Waals surface area contributed by atoms with E-state index in [1.54, 1.807) is 16.9 Å². The van der Waals surface area contributed by atoms with Gasteiger partial charge in [-0.2, -0.15) is 31.4 Å². The number of halogens is 6. The number of H-pyrrole nitrogens is 1. The number of carbonyl (C=O) groups excluding carboxylic acids is 1. The Balaban J connectivity index is 1.24. The second kappa shape index (κ2) is 10.7. The molecule has 1 saturated heterocycles. The molecule has 0 saturated carbocycles. The molecule has 2 aromatic heterocycles. The molecule has 208 valence electrons. The van der Waals surface area contributed by atoms with Crippen LogP contribution in [0.4, 0.5) is 37.8 Å². The van der Waals surface area contributed by atoms with Crippen molar-refractivity contribution in [3.63, 3.8) is 0 Å². The third kappa shape index (κ3) is 6.11. The number of anilines is 2. The van der Waals surface area contributed by atoms with Gasteiger partial charge >= 0.3 is 12.4 Å². The van der Waals surface area contributed by atoms with Crippen molar-refractivity contribution in [3.8, 4) is 5.75 Å². The maximum Gasteiger partial charge on any atom is 0.423 e. The fraction of sp³-hybridized carbons (Fsp3) is 0.545. The molecule has 10 nitrogen and oxygen atoms in total. The van der Waals surface area contributed by atoms with Crippen molar-refractivity contribution in [3.05, 3.63) is 39.9 Å². The van der Waals surface area contributed by atoms with E-state index in [0.717, 1.165) is 18.5 Å². The van der Waals surface area contributed by atoms with Crippen molar-refractivity contribution in [2.75, 3.05) is 49.7 Å². The number of amides is 1. The minimum atomic E-state index is -4.87. The molecule has 2 N–H and O–H groups in total. The SMILES string of the molecule is C[C@@H](COCCC(=O)N1CCN2c3ncc(C(F)(F)F)cc3OC[C@H]2C1)Nc1cn[nH]c(=O)c1C(F)(F)F. The van der Waals surface area contributed by atoms with E-state index < -0.39 is 40.8 Å². The van der Waals surface area contributed by atoms with Gasteiger partial charge in [-0.3, -0.25) is 9.59 Å². The molecule has 0 spiro atoms. The van der Waals surface area contributed by atoms with Crippen LogP contribution in [0, 0.1) is 0 Å². The number of ether oxygens (including phenoxy) is 2. The first-order valence-electron chi connectivity index (χ1n) is 11.6. The number of carbonyl (C=O) groups is 1. The second-order valence-corrected chi connectivity index (χ2v) is 8.90. The average molecular weight is 550 g/mol. The highest BCUT2D eigenvalue weighted by Crippen LogP contribution is 2.38. The summed E-state index contributed by atoms with van der Waals surface area (Å²) in [5.74, 6) is 0.135. The van der Waals surface area contributed by atoms with E-state index in [2.05, 4.69) is 15.4 Å². The molecule has 0 bridgehead atoms. The normalized spacial score (nSPS) is 18.3. The number of fused-ring (bicyclic) bond motifs is 3. The summed E-state index contributed by atoms with van der Waals surface area (Å²) in [7, 11) is 0. The van der Waals surface area contributed by atoms with Crippen LogP contribution in [0.25, 0.3) is 0 Å². The van der Waals surface area contributed by atoms with Crippen LogP contribution in [0.15, 0.2) is 23.3 Å². The molecule has 0 unspecified atom stereocenters. The smallest absolute Gasteiger partial charge is 0.423 e. The predicted octanol–water partition coefficient (Wildman–Crippen LogP) is 2.52. The Hall–Kier alpha value is -3.56. The van der Waals surface area contributed by atoms with E-state index in [4.69, 9.17) is 9.47 Å². The first kappa shape index (κ1) is 27.5. The number of aromatic nitrogens is 3. The number of nitrogens with one attached hydrogen (secondary N) is 2. The summed E-state index contributed by atoms with van der Waals surface area (Å²) in [5.41, 5.74) is -4.14. The number of nitrogens with zero attached hydrogens (tertiary/aromatic N) is 4. The van der Waals surface area contributed by atoms with Gasteiger partial charge in [0.15, 0.2) is 11.6 Å². The zero-order valence-electron chi connectivity index (χ0n) is 20.0. The maximum absolute atomic E-state index is 13.2. The van der Waals surface area contributed by atoms with Gasteiger partial charge in [-0.05, 0) is 13.0 Å². The van der Waals surface area contributed by atoms with Crippen LogP contribution in [-0.2, 0) is 21.9 Å². The van der Waals surface area contributed by atoms with Gasteiger partial charge < -0.3 is 24.6 Å². The lowest BCUT2D eigenvalue weighted by Crippen LogP contribution is -2.58. The van der Waals surface area contributed by atoms with Crippen molar-refractivity contribution in [2.45, 2.75) is 37.8 Å². The Morgan fingerprint density at radius 2 is 2.00 bits per heavy atom. The van der Waals surface area contributed by atoms with E-state index in [-0.39, 0.29) is 50.5 Å². The lowest BCUT2D eigenvalue weighted by atomic mass is 10.1. The Morgan fingerprint density at radius 3 is 2.71 bits per heavy atom. The van der Waals surface area contributed by atoms with Gasteiger partial charge in [0.25, 0.3) is 5.56 Å². The number of rotatable bonds is 7. The molecule has 38 heavy (non-hydrogen) atoms. The van der Waals surface area contributed by atoms with Crippen molar-refractivity contribution in [1.29, 1.82) is 0 Å². The van der Waals surface area contributed by atoms with E-state index >= 15 is 0 Å². The monoisotopic (exact) mass is 550 g/mol. The molecule has 1 fully saturated rings. The number of aromatic amines is 1. The van der Waals surface area contributed by atoms with E-state index in [9.17, 15) is 35.9 Å². The van der Waals surface area contributed by atoms with Gasteiger partial charge in [-0.1, -0.05) is 0 Å². The molecule has 2 aliphatic rings. The minimum Gasteiger partial charge on any atom is -0.487 e. The molecule has 4 rings (SSSR count). The quantitative estimate of drug-likeness (QED) is 0.400. The molecular weight excluding hydrogens is 526 g/mol. The molecule has 0 aliphatic carbocycles. The van der Waals surface area contributed by atoms with Crippen LogP contribution in [0.2, 0.25) is 0 Å². The van der Waals surface area contributed by atoms with Gasteiger partial charge in [-0.15, -0.1) is 0 Å². The van der Waals surface area contributed by atoms with Crippen LogP contribution >= 0.6 is 0 Å². The molecule has 2 atom stereocenters. The highest BCUT2D eigenvalue weighted by molar-refractivity contribution is 5.77. The summed E-state index contributed by atoms with van der Waals surface area (Å²) in [6.45, 7) is 2.59.